The lowest BCUT2D eigenvalue weighted by molar-refractivity contribution is -0.130. The van der Waals surface area contributed by atoms with Gasteiger partial charge in [0.25, 0.3) is 5.91 Å². The third-order valence-electron chi connectivity index (χ3n) is 5.59. The first-order valence-electron chi connectivity index (χ1n) is 10.4. The Balaban J connectivity index is 1.88. The molecule has 1 aliphatic heterocycles. The molecule has 0 bridgehead atoms. The van der Waals surface area contributed by atoms with Crippen molar-refractivity contribution < 1.29 is 33.3 Å². The summed E-state index contributed by atoms with van der Waals surface area (Å²) in [4.78, 5) is 32.1. The maximum atomic E-state index is 13.4. The molecule has 0 radical (unpaired) electrons. The van der Waals surface area contributed by atoms with Crippen molar-refractivity contribution >= 4 is 11.7 Å². The van der Waals surface area contributed by atoms with Gasteiger partial charge in [0.15, 0.2) is 23.0 Å². The number of hydrogen-bond acceptors (Lipinski definition) is 8. The highest BCUT2D eigenvalue weighted by Crippen LogP contribution is 2.46. The van der Waals surface area contributed by atoms with Gasteiger partial charge in [0.2, 0.25) is 11.5 Å². The summed E-state index contributed by atoms with van der Waals surface area (Å²) in [5.74, 6) is -0.311. The summed E-state index contributed by atoms with van der Waals surface area (Å²) in [6.07, 6.45) is 3.24. The minimum Gasteiger partial charge on any atom is -0.503 e. The molecule has 0 saturated heterocycles. The molecule has 0 aliphatic carbocycles. The minimum atomic E-state index is -0.945. The molecule has 3 aromatic rings. The average molecular weight is 464 g/mol. The van der Waals surface area contributed by atoms with Gasteiger partial charge in [-0.05, 0) is 48.4 Å². The molecule has 9 nitrogen and oxygen atoms in total. The van der Waals surface area contributed by atoms with Crippen molar-refractivity contribution in [3.05, 3.63) is 82.8 Å². The molecule has 4 rings (SSSR count). The summed E-state index contributed by atoms with van der Waals surface area (Å²) in [5, 5.41) is 10.9. The number of aromatic nitrogens is 1. The molecule has 0 fully saturated rings. The highest BCUT2D eigenvalue weighted by atomic mass is 16.5. The number of benzene rings is 1. The molecule has 1 aliphatic rings. The van der Waals surface area contributed by atoms with Gasteiger partial charge >= 0.3 is 0 Å². The Kier molecular flexibility index (Phi) is 6.27. The number of pyridine rings is 1. The van der Waals surface area contributed by atoms with Crippen LogP contribution in [0.15, 0.2) is 64.5 Å². The number of nitrogens with zero attached hydrogens (tertiary/aromatic N) is 2. The standard InChI is InChI=1S/C25H24N2O7/c1-14-7-8-17(34-14)22(28)20-21(16-10-18(31-2)24(33-4)19(11-16)32-3)27(25(30)23(20)29)13-15-6-5-9-26-12-15/h5-12,21,29H,13H2,1-4H3/t21-/m0/s1. The van der Waals surface area contributed by atoms with E-state index in [-0.39, 0.29) is 17.9 Å². The van der Waals surface area contributed by atoms with Crippen LogP contribution in [0.25, 0.3) is 0 Å². The molecule has 1 aromatic carbocycles. The Hall–Kier alpha value is -4.27. The highest BCUT2D eigenvalue weighted by molar-refractivity contribution is 6.15. The number of Topliss-reactive ketones (excluding diaryl/α,β-unsaturated/α-hetero) is 1. The Labute approximate surface area is 196 Å². The van der Waals surface area contributed by atoms with E-state index < -0.39 is 23.5 Å². The average Bonchev–Trinajstić information content (AvgIpc) is 3.40. The SMILES string of the molecule is COc1cc([C@H]2C(C(=O)c3ccc(C)o3)=C(O)C(=O)N2Cc2cccnc2)cc(OC)c1OC. The normalized spacial score (nSPS) is 15.6. The first-order valence-corrected chi connectivity index (χ1v) is 10.4. The van der Waals surface area contributed by atoms with Crippen molar-refractivity contribution in [3.63, 3.8) is 0 Å². The number of carbonyl (C=O) groups excluding carboxylic acids is 2. The van der Waals surface area contributed by atoms with Crippen LogP contribution < -0.4 is 14.2 Å². The summed E-state index contributed by atoms with van der Waals surface area (Å²) in [6, 6.07) is 9.06. The minimum absolute atomic E-state index is 0.0209. The zero-order chi connectivity index (χ0) is 24.4. The van der Waals surface area contributed by atoms with Gasteiger partial charge in [0, 0.05) is 18.9 Å². The molecule has 0 saturated carbocycles. The van der Waals surface area contributed by atoms with Gasteiger partial charge < -0.3 is 28.6 Å². The van der Waals surface area contributed by atoms with Crippen LogP contribution in [-0.4, -0.2) is 48.0 Å². The van der Waals surface area contributed by atoms with Gasteiger partial charge in [-0.25, -0.2) is 0 Å². The number of ketones is 1. The highest BCUT2D eigenvalue weighted by Gasteiger charge is 2.45. The van der Waals surface area contributed by atoms with Gasteiger partial charge in [-0.2, -0.15) is 0 Å². The maximum absolute atomic E-state index is 13.4. The first-order chi connectivity index (χ1) is 16.4. The zero-order valence-corrected chi connectivity index (χ0v) is 19.2. The van der Waals surface area contributed by atoms with Crippen molar-refractivity contribution in [2.24, 2.45) is 0 Å². The second-order valence-electron chi connectivity index (χ2n) is 7.66. The van der Waals surface area contributed by atoms with Gasteiger partial charge in [0.1, 0.15) is 5.76 Å². The summed E-state index contributed by atoms with van der Waals surface area (Å²) >= 11 is 0. The molecule has 3 heterocycles. The molecule has 176 valence electrons. The van der Waals surface area contributed by atoms with E-state index in [4.69, 9.17) is 18.6 Å². The van der Waals surface area contributed by atoms with Crippen LogP contribution >= 0.6 is 0 Å². The van der Waals surface area contributed by atoms with E-state index in [1.807, 2.05) is 0 Å². The van der Waals surface area contributed by atoms with Gasteiger partial charge in [-0.15, -0.1) is 0 Å². The van der Waals surface area contributed by atoms with E-state index in [2.05, 4.69) is 4.98 Å². The lowest BCUT2D eigenvalue weighted by Gasteiger charge is -2.27. The number of aryl methyl sites for hydroxylation is 1. The van der Waals surface area contributed by atoms with Crippen molar-refractivity contribution in [2.45, 2.75) is 19.5 Å². The molecule has 1 atom stereocenters. The largest absolute Gasteiger partial charge is 0.503 e. The van der Waals surface area contributed by atoms with Crippen LogP contribution in [0.4, 0.5) is 0 Å². The third kappa shape index (κ3) is 3.96. The van der Waals surface area contributed by atoms with Crippen LogP contribution in [0.5, 0.6) is 17.2 Å². The number of amides is 1. The zero-order valence-electron chi connectivity index (χ0n) is 19.2. The first kappa shape index (κ1) is 22.9. The molecule has 2 aromatic heterocycles. The summed E-state index contributed by atoms with van der Waals surface area (Å²) in [6.45, 7) is 1.81. The molecular weight excluding hydrogens is 440 g/mol. The van der Waals surface area contributed by atoms with E-state index in [1.54, 1.807) is 49.6 Å². The number of aliphatic hydroxyl groups is 1. The van der Waals surface area contributed by atoms with Crippen molar-refractivity contribution in [3.8, 4) is 17.2 Å². The Bertz CT molecular complexity index is 1240. The molecular formula is C25H24N2O7. The van der Waals surface area contributed by atoms with Gasteiger partial charge in [-0.3, -0.25) is 14.6 Å². The van der Waals surface area contributed by atoms with E-state index in [0.717, 1.165) is 5.56 Å². The number of ether oxygens (including phenoxy) is 3. The topological polar surface area (TPSA) is 111 Å². The van der Waals surface area contributed by atoms with Crippen molar-refractivity contribution in [1.29, 1.82) is 0 Å². The maximum Gasteiger partial charge on any atom is 0.290 e. The van der Waals surface area contributed by atoms with Crippen LogP contribution in [0.2, 0.25) is 0 Å². The molecule has 34 heavy (non-hydrogen) atoms. The third-order valence-corrected chi connectivity index (χ3v) is 5.59. The number of carbonyl (C=O) groups is 2. The molecule has 0 spiro atoms. The number of aliphatic hydroxyl groups excluding tert-OH is 1. The molecule has 1 N–H and O–H groups in total. The predicted molar refractivity (Wildman–Crippen MR) is 121 cm³/mol. The van der Waals surface area contributed by atoms with E-state index in [1.165, 1.54) is 32.3 Å². The van der Waals surface area contributed by atoms with E-state index in [0.29, 0.717) is 28.6 Å². The van der Waals surface area contributed by atoms with Gasteiger partial charge in [-0.1, -0.05) is 6.07 Å². The number of hydrogen-bond donors (Lipinski definition) is 1. The second kappa shape index (κ2) is 9.30. The van der Waals surface area contributed by atoms with Crippen molar-refractivity contribution in [1.82, 2.24) is 9.88 Å². The van der Waals surface area contributed by atoms with Crippen LogP contribution in [0.1, 0.15) is 33.5 Å². The number of furan rings is 1. The monoisotopic (exact) mass is 464 g/mol. The summed E-state index contributed by atoms with van der Waals surface area (Å²) in [7, 11) is 4.42. The van der Waals surface area contributed by atoms with E-state index in [9.17, 15) is 14.7 Å². The van der Waals surface area contributed by atoms with Crippen LogP contribution in [0.3, 0.4) is 0 Å². The Morgan fingerprint density at radius 1 is 1.12 bits per heavy atom. The fraction of sp³-hybridized carbons (Fsp3) is 0.240. The lowest BCUT2D eigenvalue weighted by atomic mass is 9.94. The summed E-state index contributed by atoms with van der Waals surface area (Å²) < 4.78 is 21.8. The number of methoxy groups -OCH3 is 3. The fourth-order valence-corrected chi connectivity index (χ4v) is 4.03. The smallest absolute Gasteiger partial charge is 0.290 e. The molecule has 0 unspecified atom stereocenters. The van der Waals surface area contributed by atoms with Gasteiger partial charge in [0.05, 0.1) is 32.9 Å². The molecule has 1 amide bonds. The van der Waals surface area contributed by atoms with Crippen LogP contribution in [0, 0.1) is 6.92 Å². The molecule has 9 heteroatoms. The van der Waals surface area contributed by atoms with E-state index >= 15 is 0 Å². The fourth-order valence-electron chi connectivity index (χ4n) is 4.03. The van der Waals surface area contributed by atoms with Crippen molar-refractivity contribution in [2.75, 3.05) is 21.3 Å². The quantitative estimate of drug-likeness (QED) is 0.501. The Morgan fingerprint density at radius 3 is 2.35 bits per heavy atom. The summed E-state index contributed by atoms with van der Waals surface area (Å²) in [5.41, 5.74) is 1.11. The van der Waals surface area contributed by atoms with Crippen LogP contribution in [-0.2, 0) is 11.3 Å². The second-order valence-corrected chi connectivity index (χ2v) is 7.66. The Morgan fingerprint density at radius 2 is 1.82 bits per heavy atom. The predicted octanol–water partition coefficient (Wildman–Crippen LogP) is 3.79. The lowest BCUT2D eigenvalue weighted by Crippen LogP contribution is -2.30. The number of rotatable bonds is 8.